The molecule has 2 bridgehead atoms. The van der Waals surface area contributed by atoms with Crippen LogP contribution in [0.25, 0.3) is 0 Å². The highest BCUT2D eigenvalue weighted by Gasteiger charge is 2.38. The second kappa shape index (κ2) is 6.47. The van der Waals surface area contributed by atoms with Crippen molar-refractivity contribution in [3.05, 3.63) is 18.5 Å². The Morgan fingerprint density at radius 1 is 1.21 bits per heavy atom. The van der Waals surface area contributed by atoms with E-state index in [9.17, 15) is 4.79 Å². The van der Waals surface area contributed by atoms with E-state index < -0.39 is 5.60 Å². The molecule has 2 atom stereocenters. The van der Waals surface area contributed by atoms with Crippen LogP contribution in [0.4, 0.5) is 10.5 Å². The predicted octanol–water partition coefficient (Wildman–Crippen LogP) is 1.91. The van der Waals surface area contributed by atoms with Gasteiger partial charge in [0.2, 0.25) is 0 Å². The Hall–Kier alpha value is -2.02. The molecule has 1 aromatic rings. The lowest BCUT2D eigenvalue weighted by Crippen LogP contribution is -2.61. The summed E-state index contributed by atoms with van der Waals surface area (Å²) in [5.74, 6) is 0.736. The summed E-state index contributed by atoms with van der Waals surface area (Å²) in [4.78, 5) is 20.5. The fourth-order valence-electron chi connectivity index (χ4n) is 3.07. The predicted molar refractivity (Wildman–Crippen MR) is 89.5 cm³/mol. The van der Waals surface area contributed by atoms with Crippen LogP contribution in [0.3, 0.4) is 0 Å². The number of carbonyl (C=O) groups is 1. The zero-order chi connectivity index (χ0) is 17.3. The highest BCUT2D eigenvalue weighted by molar-refractivity contribution is 5.68. The third-order valence-corrected chi connectivity index (χ3v) is 4.03. The average molecular weight is 335 g/mol. The maximum absolute atomic E-state index is 12.3. The van der Waals surface area contributed by atoms with Crippen LogP contribution in [0.15, 0.2) is 18.5 Å². The van der Waals surface area contributed by atoms with Crippen LogP contribution in [0, 0.1) is 0 Å². The summed E-state index contributed by atoms with van der Waals surface area (Å²) < 4.78 is 16.7. The molecule has 2 fully saturated rings. The number of rotatable bonds is 2. The van der Waals surface area contributed by atoms with Crippen molar-refractivity contribution >= 4 is 11.8 Å². The van der Waals surface area contributed by atoms with Crippen molar-refractivity contribution in [1.29, 1.82) is 0 Å². The number of morpholine rings is 2. The van der Waals surface area contributed by atoms with Gasteiger partial charge in [-0.05, 0) is 20.8 Å². The van der Waals surface area contributed by atoms with Crippen molar-refractivity contribution in [2.24, 2.45) is 0 Å². The van der Waals surface area contributed by atoms with E-state index in [2.05, 4.69) is 9.88 Å². The van der Waals surface area contributed by atoms with E-state index in [4.69, 9.17) is 14.2 Å². The Morgan fingerprint density at radius 2 is 1.88 bits per heavy atom. The van der Waals surface area contributed by atoms with Crippen LogP contribution in [-0.4, -0.2) is 67.1 Å². The molecule has 2 aliphatic rings. The normalized spacial score (nSPS) is 23.8. The molecule has 2 saturated heterocycles. The minimum absolute atomic E-state index is 0.0313. The molecule has 1 aromatic heterocycles. The number of nitrogens with zero attached hydrogens (tertiary/aromatic N) is 3. The lowest BCUT2D eigenvalue weighted by molar-refractivity contribution is -0.0949. The molecule has 7 heteroatoms. The monoisotopic (exact) mass is 335 g/mol. The molecule has 2 unspecified atom stereocenters. The summed E-state index contributed by atoms with van der Waals surface area (Å²) >= 11 is 0. The molecular formula is C17H25N3O4. The molecular weight excluding hydrogens is 310 g/mol. The molecule has 3 rings (SSSR count). The number of hydrogen-bond acceptors (Lipinski definition) is 6. The SMILES string of the molecule is COc1cncc(N2CC3CN(C(=O)OC(C)(C)C)CC(C2)O3)c1. The van der Waals surface area contributed by atoms with E-state index in [1.807, 2.05) is 33.0 Å². The molecule has 0 aliphatic carbocycles. The third kappa shape index (κ3) is 3.90. The van der Waals surface area contributed by atoms with Crippen LogP contribution < -0.4 is 9.64 Å². The fraction of sp³-hybridized carbons (Fsp3) is 0.647. The van der Waals surface area contributed by atoms with Gasteiger partial charge in [0.25, 0.3) is 0 Å². The number of anilines is 1. The van der Waals surface area contributed by atoms with Gasteiger partial charge < -0.3 is 24.0 Å². The van der Waals surface area contributed by atoms with Crippen molar-refractivity contribution in [1.82, 2.24) is 9.88 Å². The molecule has 0 saturated carbocycles. The van der Waals surface area contributed by atoms with Crippen molar-refractivity contribution in [2.45, 2.75) is 38.6 Å². The van der Waals surface area contributed by atoms with E-state index in [0.717, 1.165) is 11.4 Å². The number of amides is 1. The van der Waals surface area contributed by atoms with Gasteiger partial charge in [0, 0.05) is 19.2 Å². The first-order chi connectivity index (χ1) is 11.3. The largest absolute Gasteiger partial charge is 0.495 e. The van der Waals surface area contributed by atoms with Crippen LogP contribution in [0.5, 0.6) is 5.75 Å². The van der Waals surface area contributed by atoms with E-state index in [-0.39, 0.29) is 18.3 Å². The molecule has 3 heterocycles. The molecule has 0 radical (unpaired) electrons. The van der Waals surface area contributed by atoms with Crippen LogP contribution in [0.1, 0.15) is 20.8 Å². The summed E-state index contributed by atoms with van der Waals surface area (Å²) in [5.41, 5.74) is 0.529. The third-order valence-electron chi connectivity index (χ3n) is 4.03. The molecule has 132 valence electrons. The Labute approximate surface area is 142 Å². The van der Waals surface area contributed by atoms with Crippen LogP contribution in [-0.2, 0) is 9.47 Å². The van der Waals surface area contributed by atoms with Crippen molar-refractivity contribution in [3.8, 4) is 5.75 Å². The van der Waals surface area contributed by atoms with Gasteiger partial charge in [0.05, 0.1) is 50.5 Å². The molecule has 7 nitrogen and oxygen atoms in total. The Balaban J connectivity index is 1.65. The molecule has 24 heavy (non-hydrogen) atoms. The summed E-state index contributed by atoms with van der Waals surface area (Å²) in [5, 5.41) is 0. The summed E-state index contributed by atoms with van der Waals surface area (Å²) in [6.07, 6.45) is 3.19. The summed E-state index contributed by atoms with van der Waals surface area (Å²) in [6, 6.07) is 1.97. The Bertz CT molecular complexity index is 588. The van der Waals surface area contributed by atoms with E-state index >= 15 is 0 Å². The van der Waals surface area contributed by atoms with Gasteiger partial charge in [-0.1, -0.05) is 0 Å². The number of aromatic nitrogens is 1. The number of ether oxygens (including phenoxy) is 3. The van der Waals surface area contributed by atoms with Gasteiger partial charge in [-0.25, -0.2) is 4.79 Å². The van der Waals surface area contributed by atoms with Crippen LogP contribution >= 0.6 is 0 Å². The van der Waals surface area contributed by atoms with Crippen molar-refractivity contribution in [3.63, 3.8) is 0 Å². The first-order valence-electron chi connectivity index (χ1n) is 8.21. The highest BCUT2D eigenvalue weighted by atomic mass is 16.6. The number of methoxy groups -OCH3 is 1. The lowest BCUT2D eigenvalue weighted by Gasteiger charge is -2.46. The van der Waals surface area contributed by atoms with Gasteiger partial charge in [-0.2, -0.15) is 0 Å². The zero-order valence-corrected chi connectivity index (χ0v) is 14.7. The molecule has 0 spiro atoms. The Morgan fingerprint density at radius 3 is 2.46 bits per heavy atom. The quantitative estimate of drug-likeness (QED) is 0.823. The maximum atomic E-state index is 12.3. The van der Waals surface area contributed by atoms with E-state index in [1.54, 1.807) is 18.2 Å². The molecule has 2 aliphatic heterocycles. The standard InChI is InChI=1S/C17H25N3O4/c1-17(2,3)24-16(21)20-10-14-8-19(9-15(11-20)23-14)12-5-13(22-4)7-18-6-12/h5-7,14-15H,8-11H2,1-4H3. The van der Waals surface area contributed by atoms with E-state index in [1.165, 1.54) is 0 Å². The van der Waals surface area contributed by atoms with Gasteiger partial charge in [0.1, 0.15) is 11.4 Å². The zero-order valence-electron chi connectivity index (χ0n) is 14.7. The van der Waals surface area contributed by atoms with Gasteiger partial charge in [-0.3, -0.25) is 4.98 Å². The Kier molecular flexibility index (Phi) is 4.54. The van der Waals surface area contributed by atoms with Gasteiger partial charge in [-0.15, -0.1) is 0 Å². The second-order valence-electron chi connectivity index (χ2n) is 7.25. The molecule has 0 aromatic carbocycles. The minimum atomic E-state index is -0.483. The topological polar surface area (TPSA) is 64.1 Å². The second-order valence-corrected chi connectivity index (χ2v) is 7.25. The minimum Gasteiger partial charge on any atom is -0.495 e. The average Bonchev–Trinajstić information content (AvgIpc) is 2.52. The fourth-order valence-corrected chi connectivity index (χ4v) is 3.07. The number of carbonyl (C=O) groups excluding carboxylic acids is 1. The van der Waals surface area contributed by atoms with Gasteiger partial charge >= 0.3 is 6.09 Å². The van der Waals surface area contributed by atoms with Crippen LogP contribution in [0.2, 0.25) is 0 Å². The first-order valence-corrected chi connectivity index (χ1v) is 8.21. The molecule has 0 N–H and O–H groups in total. The van der Waals surface area contributed by atoms with E-state index in [0.29, 0.717) is 26.2 Å². The first kappa shape index (κ1) is 16.8. The maximum Gasteiger partial charge on any atom is 0.410 e. The lowest BCUT2D eigenvalue weighted by atomic mass is 10.1. The molecule has 1 amide bonds. The highest BCUT2D eigenvalue weighted by Crippen LogP contribution is 2.26. The summed E-state index contributed by atoms with van der Waals surface area (Å²) in [7, 11) is 1.63. The van der Waals surface area contributed by atoms with Gasteiger partial charge in [0.15, 0.2) is 0 Å². The van der Waals surface area contributed by atoms with Crippen molar-refractivity contribution in [2.75, 3.05) is 38.2 Å². The van der Waals surface area contributed by atoms with Crippen molar-refractivity contribution < 1.29 is 19.0 Å². The summed E-state index contributed by atoms with van der Waals surface area (Å²) in [6.45, 7) is 8.14. The number of pyridine rings is 1. The number of hydrogen-bond donors (Lipinski definition) is 0. The smallest absolute Gasteiger partial charge is 0.410 e. The number of fused-ring (bicyclic) bond motifs is 2.